The minimum atomic E-state index is -0.676. The monoisotopic (exact) mass is 550 g/mol. The fourth-order valence-electron chi connectivity index (χ4n) is 3.94. The number of carbonyl (C=O) groups excluding carboxylic acids is 2. The molecule has 0 unspecified atom stereocenters. The first-order valence-electron chi connectivity index (χ1n) is 12.3. The molecule has 190 valence electrons. The highest BCUT2D eigenvalue weighted by Gasteiger charge is 2.31. The third-order valence-corrected chi connectivity index (χ3v) is 7.09. The first-order valence-corrected chi connectivity index (χ1v) is 13.1. The van der Waals surface area contributed by atoms with Crippen LogP contribution in [0.3, 0.4) is 0 Å². The average molecular weight is 552 g/mol. The van der Waals surface area contributed by atoms with Crippen LogP contribution in [0.15, 0.2) is 77.3 Å². The Bertz CT molecular complexity index is 1170. The van der Waals surface area contributed by atoms with Gasteiger partial charge in [0.1, 0.15) is 11.8 Å². The Morgan fingerprint density at radius 3 is 2.36 bits per heavy atom. The summed E-state index contributed by atoms with van der Waals surface area (Å²) in [4.78, 5) is 28.8. The van der Waals surface area contributed by atoms with E-state index < -0.39 is 6.04 Å². The van der Waals surface area contributed by atoms with Crippen molar-refractivity contribution in [2.45, 2.75) is 59.2 Å². The van der Waals surface area contributed by atoms with Gasteiger partial charge in [0.25, 0.3) is 5.91 Å². The van der Waals surface area contributed by atoms with Gasteiger partial charge in [-0.1, -0.05) is 83.0 Å². The van der Waals surface area contributed by atoms with E-state index in [0.717, 1.165) is 33.1 Å². The highest BCUT2D eigenvalue weighted by molar-refractivity contribution is 9.10. The maximum Gasteiger partial charge on any atom is 0.261 e. The van der Waals surface area contributed by atoms with Gasteiger partial charge in [-0.25, -0.2) is 0 Å². The normalized spacial score (nSPS) is 12.5. The number of halogens is 1. The number of benzene rings is 3. The van der Waals surface area contributed by atoms with Crippen molar-refractivity contribution in [3.8, 4) is 5.75 Å². The highest BCUT2D eigenvalue weighted by Crippen LogP contribution is 2.22. The van der Waals surface area contributed by atoms with Gasteiger partial charge in [-0.3, -0.25) is 9.59 Å². The van der Waals surface area contributed by atoms with Gasteiger partial charge < -0.3 is 15.0 Å². The van der Waals surface area contributed by atoms with E-state index >= 15 is 0 Å². The van der Waals surface area contributed by atoms with Crippen molar-refractivity contribution >= 4 is 27.7 Å². The Morgan fingerprint density at radius 1 is 0.972 bits per heavy atom. The zero-order valence-corrected chi connectivity index (χ0v) is 23.0. The van der Waals surface area contributed by atoms with Crippen molar-refractivity contribution in [1.29, 1.82) is 0 Å². The second-order valence-electron chi connectivity index (χ2n) is 9.23. The summed E-state index contributed by atoms with van der Waals surface area (Å²) in [7, 11) is 0. The number of hydrogen-bond acceptors (Lipinski definition) is 3. The predicted octanol–water partition coefficient (Wildman–Crippen LogP) is 6.00. The van der Waals surface area contributed by atoms with E-state index in [2.05, 4.69) is 21.2 Å². The molecule has 0 aliphatic carbocycles. The quantitative estimate of drug-likeness (QED) is 0.318. The maximum absolute atomic E-state index is 13.7. The highest BCUT2D eigenvalue weighted by atomic mass is 79.9. The van der Waals surface area contributed by atoms with Crippen LogP contribution in [0.2, 0.25) is 0 Å². The summed E-state index contributed by atoms with van der Waals surface area (Å²) in [5.74, 6) is 0.217. The summed E-state index contributed by atoms with van der Waals surface area (Å²) in [6.07, 6.45) is 1.22. The molecule has 3 rings (SSSR count). The van der Waals surface area contributed by atoms with Crippen LogP contribution in [0, 0.1) is 13.8 Å². The Balaban J connectivity index is 1.91. The van der Waals surface area contributed by atoms with E-state index in [0.29, 0.717) is 18.7 Å². The summed E-state index contributed by atoms with van der Waals surface area (Å²) >= 11 is 3.49. The number of amides is 2. The standard InChI is InChI=1S/C30H35BrN2O3/c1-5-23(4)32-30(35)28(18-24-11-7-6-8-12-24)33(19-25-13-9-10-21(2)16-25)29(34)20-36-26-14-15-27(31)22(3)17-26/h6-17,23,28H,5,18-20H2,1-4H3,(H,32,35)/t23-,28+/m0/s1. The number of ether oxygens (including phenoxy) is 1. The molecule has 2 atom stereocenters. The lowest BCUT2D eigenvalue weighted by Crippen LogP contribution is -2.53. The average Bonchev–Trinajstić information content (AvgIpc) is 2.87. The molecule has 1 N–H and O–H groups in total. The first-order chi connectivity index (χ1) is 17.3. The molecule has 0 radical (unpaired) electrons. The van der Waals surface area contributed by atoms with Crippen LogP contribution in [-0.2, 0) is 22.6 Å². The third-order valence-electron chi connectivity index (χ3n) is 6.20. The predicted molar refractivity (Wildman–Crippen MR) is 148 cm³/mol. The summed E-state index contributed by atoms with van der Waals surface area (Å²) in [6, 6.07) is 22.8. The number of carbonyl (C=O) groups is 2. The van der Waals surface area contributed by atoms with Crippen molar-refractivity contribution < 1.29 is 14.3 Å². The van der Waals surface area contributed by atoms with Gasteiger partial charge in [0.15, 0.2) is 6.61 Å². The molecule has 36 heavy (non-hydrogen) atoms. The zero-order chi connectivity index (χ0) is 26.1. The second kappa shape index (κ2) is 13.3. The molecule has 3 aromatic rings. The molecule has 0 aliphatic heterocycles. The van der Waals surface area contributed by atoms with Crippen LogP contribution >= 0.6 is 15.9 Å². The van der Waals surface area contributed by atoms with E-state index in [-0.39, 0.29) is 24.5 Å². The Kier molecular flexibility index (Phi) is 10.1. The molecule has 0 saturated heterocycles. The van der Waals surface area contributed by atoms with Gasteiger partial charge in [0, 0.05) is 23.5 Å². The molecule has 0 saturated carbocycles. The van der Waals surface area contributed by atoms with Gasteiger partial charge in [-0.05, 0) is 62.1 Å². The molecule has 0 bridgehead atoms. The number of nitrogens with one attached hydrogen (secondary N) is 1. The van der Waals surface area contributed by atoms with E-state index in [9.17, 15) is 9.59 Å². The lowest BCUT2D eigenvalue weighted by atomic mass is 10.0. The van der Waals surface area contributed by atoms with Crippen molar-refractivity contribution in [2.24, 2.45) is 0 Å². The Morgan fingerprint density at radius 2 is 1.69 bits per heavy atom. The lowest BCUT2D eigenvalue weighted by Gasteiger charge is -2.32. The van der Waals surface area contributed by atoms with Crippen molar-refractivity contribution in [1.82, 2.24) is 10.2 Å². The van der Waals surface area contributed by atoms with E-state index in [1.165, 1.54) is 0 Å². The number of rotatable bonds is 11. The largest absolute Gasteiger partial charge is 0.484 e. The molecule has 0 spiro atoms. The van der Waals surface area contributed by atoms with Crippen LogP contribution in [0.25, 0.3) is 0 Å². The summed E-state index contributed by atoms with van der Waals surface area (Å²) in [6.45, 7) is 8.15. The minimum Gasteiger partial charge on any atom is -0.484 e. The van der Waals surface area contributed by atoms with Crippen LogP contribution in [0.4, 0.5) is 0 Å². The van der Waals surface area contributed by atoms with Crippen LogP contribution in [-0.4, -0.2) is 35.4 Å². The van der Waals surface area contributed by atoms with Crippen molar-refractivity contribution in [2.75, 3.05) is 6.61 Å². The molecular formula is C30H35BrN2O3. The lowest BCUT2D eigenvalue weighted by molar-refractivity contribution is -0.143. The zero-order valence-electron chi connectivity index (χ0n) is 21.5. The van der Waals surface area contributed by atoms with E-state index in [4.69, 9.17) is 4.74 Å². The SMILES string of the molecule is CC[C@H](C)NC(=O)[C@@H](Cc1ccccc1)N(Cc1cccc(C)c1)C(=O)COc1ccc(Br)c(C)c1. The molecule has 2 amide bonds. The van der Waals surface area contributed by atoms with Gasteiger partial charge >= 0.3 is 0 Å². The minimum absolute atomic E-state index is 0.00804. The molecule has 3 aromatic carbocycles. The molecular weight excluding hydrogens is 516 g/mol. The maximum atomic E-state index is 13.7. The fourth-order valence-corrected chi connectivity index (χ4v) is 4.18. The van der Waals surface area contributed by atoms with E-state index in [1.54, 1.807) is 4.90 Å². The first kappa shape index (κ1) is 27.5. The van der Waals surface area contributed by atoms with Gasteiger partial charge in [0.2, 0.25) is 5.91 Å². The number of aryl methyl sites for hydroxylation is 2. The van der Waals surface area contributed by atoms with Crippen LogP contribution < -0.4 is 10.1 Å². The van der Waals surface area contributed by atoms with Crippen LogP contribution in [0.1, 0.15) is 42.5 Å². The second-order valence-corrected chi connectivity index (χ2v) is 10.1. The topological polar surface area (TPSA) is 58.6 Å². The van der Waals surface area contributed by atoms with Crippen molar-refractivity contribution in [3.63, 3.8) is 0 Å². The molecule has 0 fully saturated rings. The molecule has 0 heterocycles. The van der Waals surface area contributed by atoms with E-state index in [1.807, 2.05) is 100 Å². The molecule has 0 aliphatic rings. The van der Waals surface area contributed by atoms with Crippen LogP contribution in [0.5, 0.6) is 5.75 Å². The van der Waals surface area contributed by atoms with Gasteiger partial charge in [-0.2, -0.15) is 0 Å². The summed E-state index contributed by atoms with van der Waals surface area (Å²) < 4.78 is 6.86. The number of hydrogen-bond donors (Lipinski definition) is 1. The number of nitrogens with zero attached hydrogens (tertiary/aromatic N) is 1. The summed E-state index contributed by atoms with van der Waals surface area (Å²) in [5, 5.41) is 3.09. The summed E-state index contributed by atoms with van der Waals surface area (Å²) in [5.41, 5.74) is 4.09. The Labute approximate surface area is 223 Å². The Hall–Kier alpha value is -3.12. The van der Waals surface area contributed by atoms with Gasteiger partial charge in [0.05, 0.1) is 0 Å². The molecule has 6 heteroatoms. The van der Waals surface area contributed by atoms with Crippen molar-refractivity contribution in [3.05, 3.63) is 99.5 Å². The van der Waals surface area contributed by atoms with Gasteiger partial charge in [-0.15, -0.1) is 0 Å². The smallest absolute Gasteiger partial charge is 0.261 e. The molecule has 0 aromatic heterocycles. The third kappa shape index (κ3) is 7.95. The molecule has 5 nitrogen and oxygen atoms in total. The fraction of sp³-hybridized carbons (Fsp3) is 0.333.